The van der Waals surface area contributed by atoms with Crippen LogP contribution >= 0.6 is 0 Å². The highest BCUT2D eigenvalue weighted by Crippen LogP contribution is 2.34. The molecule has 1 saturated carbocycles. The maximum atomic E-state index is 9.55. The van der Waals surface area contributed by atoms with Gasteiger partial charge in [-0.2, -0.15) is 0 Å². The van der Waals surface area contributed by atoms with Gasteiger partial charge < -0.3 is 10.8 Å². The first-order valence-corrected chi connectivity index (χ1v) is 3.67. The quantitative estimate of drug-likeness (QED) is 0.574. The number of hydrogen-bond acceptors (Lipinski definition) is 2. The molecule has 1 rings (SSSR count). The van der Waals surface area contributed by atoms with Gasteiger partial charge in [0.1, 0.15) is 0 Å². The average molecular weight is 129 g/mol. The van der Waals surface area contributed by atoms with E-state index in [1.165, 1.54) is 0 Å². The number of rotatable bonds is 2. The van der Waals surface area contributed by atoms with Gasteiger partial charge in [-0.15, -0.1) is 0 Å². The first-order valence-electron chi connectivity index (χ1n) is 3.67. The Morgan fingerprint density at radius 1 is 1.67 bits per heavy atom. The van der Waals surface area contributed by atoms with Gasteiger partial charge in [-0.25, -0.2) is 0 Å². The lowest BCUT2D eigenvalue weighted by molar-refractivity contribution is -0.0555. The molecule has 0 heterocycles. The van der Waals surface area contributed by atoms with Crippen LogP contribution in [0.25, 0.3) is 0 Å². The summed E-state index contributed by atoms with van der Waals surface area (Å²) in [5.41, 5.74) is 5.17. The molecule has 0 amide bonds. The molecular formula is C7H15NO. The summed E-state index contributed by atoms with van der Waals surface area (Å²) in [5.74, 6) is 0. The molecule has 3 N–H and O–H groups in total. The Morgan fingerprint density at radius 3 is 2.33 bits per heavy atom. The van der Waals surface area contributed by atoms with Crippen molar-refractivity contribution in [3.63, 3.8) is 0 Å². The van der Waals surface area contributed by atoms with E-state index < -0.39 is 5.60 Å². The molecule has 9 heavy (non-hydrogen) atoms. The smallest absolute Gasteiger partial charge is 0.0797 e. The minimum absolute atomic E-state index is 0.00579. The lowest BCUT2D eigenvalue weighted by Crippen LogP contribution is -2.52. The average Bonchev–Trinajstić information content (AvgIpc) is 1.81. The summed E-state index contributed by atoms with van der Waals surface area (Å²) in [5, 5.41) is 9.55. The fourth-order valence-corrected chi connectivity index (χ4v) is 1.29. The second kappa shape index (κ2) is 2.27. The van der Waals surface area contributed by atoms with Crippen LogP contribution < -0.4 is 5.73 Å². The molecule has 0 aromatic rings. The van der Waals surface area contributed by atoms with Gasteiger partial charge in [0.25, 0.3) is 0 Å². The van der Waals surface area contributed by atoms with Gasteiger partial charge in [-0.05, 0) is 25.7 Å². The molecule has 1 atom stereocenters. The minimum Gasteiger partial charge on any atom is -0.388 e. The van der Waals surface area contributed by atoms with E-state index in [0.29, 0.717) is 0 Å². The Hall–Kier alpha value is -0.0800. The molecule has 1 aliphatic rings. The van der Waals surface area contributed by atoms with Crippen LogP contribution in [0, 0.1) is 0 Å². The maximum absolute atomic E-state index is 9.55. The van der Waals surface area contributed by atoms with Crippen molar-refractivity contribution in [2.45, 2.75) is 44.2 Å². The third kappa shape index (κ3) is 1.10. The summed E-state index contributed by atoms with van der Waals surface area (Å²) in [6, 6.07) is 0.00579. The van der Waals surface area contributed by atoms with Crippen molar-refractivity contribution in [1.82, 2.24) is 0 Å². The molecule has 2 heteroatoms. The third-order valence-corrected chi connectivity index (χ3v) is 2.35. The first kappa shape index (κ1) is 7.03. The highest BCUT2D eigenvalue weighted by atomic mass is 16.3. The Labute approximate surface area is 56.1 Å². The van der Waals surface area contributed by atoms with Crippen LogP contribution in [-0.4, -0.2) is 16.7 Å². The molecule has 0 aliphatic heterocycles. The van der Waals surface area contributed by atoms with E-state index >= 15 is 0 Å². The van der Waals surface area contributed by atoms with Gasteiger partial charge in [0, 0.05) is 6.04 Å². The molecular weight excluding hydrogens is 114 g/mol. The molecule has 1 fully saturated rings. The van der Waals surface area contributed by atoms with Gasteiger partial charge in [-0.1, -0.05) is 6.92 Å². The summed E-state index contributed by atoms with van der Waals surface area (Å²) in [6.07, 6.45) is 3.84. The maximum Gasteiger partial charge on any atom is 0.0797 e. The summed E-state index contributed by atoms with van der Waals surface area (Å²) in [7, 11) is 0. The van der Waals surface area contributed by atoms with Crippen LogP contribution in [0.3, 0.4) is 0 Å². The molecule has 1 aliphatic carbocycles. The van der Waals surface area contributed by atoms with Crippen molar-refractivity contribution in [3.05, 3.63) is 0 Å². The van der Waals surface area contributed by atoms with Crippen LogP contribution in [0.15, 0.2) is 0 Å². The molecule has 0 radical (unpaired) electrons. The zero-order valence-electron chi connectivity index (χ0n) is 5.93. The van der Waals surface area contributed by atoms with Gasteiger partial charge in [0.2, 0.25) is 0 Å². The van der Waals surface area contributed by atoms with E-state index in [1.54, 1.807) is 0 Å². The van der Waals surface area contributed by atoms with Gasteiger partial charge in [0.15, 0.2) is 0 Å². The molecule has 0 unspecified atom stereocenters. The topological polar surface area (TPSA) is 46.2 Å². The second-order valence-electron chi connectivity index (χ2n) is 2.97. The number of hydrogen-bond donors (Lipinski definition) is 2. The predicted octanol–water partition coefficient (Wildman–Crippen LogP) is 0.639. The first-order chi connectivity index (χ1) is 4.19. The normalized spacial score (nSPS) is 27.0. The molecule has 0 aromatic carbocycles. The van der Waals surface area contributed by atoms with E-state index in [4.69, 9.17) is 5.73 Å². The standard InChI is InChI=1S/C7H15NO/c1-2-6(8)7(9)4-3-5-7/h6,9H,2-5,8H2,1H3/t6-/m0/s1. The molecule has 0 saturated heterocycles. The summed E-state index contributed by atoms with van der Waals surface area (Å²) >= 11 is 0. The van der Waals surface area contributed by atoms with E-state index in [2.05, 4.69) is 0 Å². The summed E-state index contributed by atoms with van der Waals surface area (Å²) in [4.78, 5) is 0. The fraction of sp³-hybridized carbons (Fsp3) is 1.00. The zero-order chi connectivity index (χ0) is 6.91. The van der Waals surface area contributed by atoms with Gasteiger partial charge in [0.05, 0.1) is 5.60 Å². The van der Waals surface area contributed by atoms with Crippen molar-refractivity contribution < 1.29 is 5.11 Å². The van der Waals surface area contributed by atoms with Crippen molar-refractivity contribution >= 4 is 0 Å². The van der Waals surface area contributed by atoms with Crippen molar-refractivity contribution in [1.29, 1.82) is 0 Å². The van der Waals surface area contributed by atoms with Crippen LogP contribution in [0.5, 0.6) is 0 Å². The highest BCUT2D eigenvalue weighted by molar-refractivity contribution is 4.95. The SMILES string of the molecule is CC[C@H](N)C1(O)CCC1. The van der Waals surface area contributed by atoms with Gasteiger partial charge in [-0.3, -0.25) is 0 Å². The summed E-state index contributed by atoms with van der Waals surface area (Å²) < 4.78 is 0. The number of aliphatic hydroxyl groups is 1. The lowest BCUT2D eigenvalue weighted by Gasteiger charge is -2.41. The Morgan fingerprint density at radius 2 is 2.22 bits per heavy atom. The zero-order valence-corrected chi connectivity index (χ0v) is 5.93. The lowest BCUT2D eigenvalue weighted by atomic mass is 9.74. The van der Waals surface area contributed by atoms with Crippen molar-refractivity contribution in [2.24, 2.45) is 5.73 Å². The molecule has 0 aromatic heterocycles. The molecule has 0 bridgehead atoms. The van der Waals surface area contributed by atoms with E-state index in [-0.39, 0.29) is 6.04 Å². The Kier molecular flexibility index (Phi) is 1.78. The van der Waals surface area contributed by atoms with E-state index in [9.17, 15) is 5.11 Å². The third-order valence-electron chi connectivity index (χ3n) is 2.35. The molecule has 54 valence electrons. The fourth-order valence-electron chi connectivity index (χ4n) is 1.29. The van der Waals surface area contributed by atoms with Crippen molar-refractivity contribution in [3.8, 4) is 0 Å². The monoisotopic (exact) mass is 129 g/mol. The van der Waals surface area contributed by atoms with Crippen LogP contribution in [-0.2, 0) is 0 Å². The molecule has 0 spiro atoms. The Bertz CT molecular complexity index is 99.1. The predicted molar refractivity (Wildman–Crippen MR) is 37.1 cm³/mol. The van der Waals surface area contributed by atoms with E-state index in [0.717, 1.165) is 25.7 Å². The van der Waals surface area contributed by atoms with Crippen LogP contribution in [0.1, 0.15) is 32.6 Å². The molecule has 2 nitrogen and oxygen atoms in total. The second-order valence-corrected chi connectivity index (χ2v) is 2.97. The largest absolute Gasteiger partial charge is 0.388 e. The van der Waals surface area contributed by atoms with Crippen LogP contribution in [0.4, 0.5) is 0 Å². The Balaban J connectivity index is 2.38. The van der Waals surface area contributed by atoms with Gasteiger partial charge >= 0.3 is 0 Å². The summed E-state index contributed by atoms with van der Waals surface area (Å²) in [6.45, 7) is 2.01. The van der Waals surface area contributed by atoms with Crippen LogP contribution in [0.2, 0.25) is 0 Å². The van der Waals surface area contributed by atoms with E-state index in [1.807, 2.05) is 6.92 Å². The highest BCUT2D eigenvalue weighted by Gasteiger charge is 2.39. The minimum atomic E-state index is -0.491. The van der Waals surface area contributed by atoms with Crippen molar-refractivity contribution in [2.75, 3.05) is 0 Å². The number of nitrogens with two attached hydrogens (primary N) is 1.